The van der Waals surface area contributed by atoms with E-state index >= 15 is 0 Å². The second-order valence-electron chi connectivity index (χ2n) is 3.64. The van der Waals surface area contributed by atoms with Gasteiger partial charge >= 0.3 is 15.4 Å². The second-order valence-corrected chi connectivity index (χ2v) is 6.76. The number of ether oxygens (including phenoxy) is 2. The first kappa shape index (κ1) is 27.3. The van der Waals surface area contributed by atoms with Gasteiger partial charge in [0.1, 0.15) is 0 Å². The molecule has 0 saturated carbocycles. The minimum atomic E-state index is -5.56. The SMILES string of the molecule is CCCOC.COCCS(=O)(=O)O.O=S(=O)(O)C(F)(F)COF. The maximum atomic E-state index is 11.7. The molecule has 0 aliphatic heterocycles. The predicted octanol–water partition coefficient (Wildman–Crippen LogP) is 0.932. The lowest BCUT2D eigenvalue weighted by molar-refractivity contribution is -0.176. The number of methoxy groups -OCH3 is 2. The average Bonchev–Trinajstić information content (AvgIpc) is 2.36. The molecule has 0 unspecified atom stereocenters. The number of hydrogen-bond donors (Lipinski definition) is 2. The van der Waals surface area contributed by atoms with Crippen LogP contribution in [0.4, 0.5) is 13.3 Å². The fourth-order valence-corrected chi connectivity index (χ4v) is 1.10. The highest BCUT2D eigenvalue weighted by Gasteiger charge is 2.44. The maximum absolute atomic E-state index is 11.7. The van der Waals surface area contributed by atoms with E-state index in [1.807, 2.05) is 0 Å². The Balaban J connectivity index is -0.000000276. The van der Waals surface area contributed by atoms with Crippen molar-refractivity contribution >= 4 is 20.2 Å². The topological polar surface area (TPSA) is 136 Å². The number of alkyl halides is 2. The molecule has 0 fully saturated rings. The minimum absolute atomic E-state index is 0.0405. The number of rotatable bonds is 8. The van der Waals surface area contributed by atoms with Crippen molar-refractivity contribution in [1.82, 2.24) is 0 Å². The highest BCUT2D eigenvalue weighted by Crippen LogP contribution is 2.20. The molecule has 9 nitrogen and oxygen atoms in total. The molecular weight excluding hydrogens is 373 g/mol. The van der Waals surface area contributed by atoms with Gasteiger partial charge in [-0.2, -0.15) is 30.6 Å². The van der Waals surface area contributed by atoms with Gasteiger partial charge in [-0.1, -0.05) is 6.92 Å². The second kappa shape index (κ2) is 13.9. The van der Waals surface area contributed by atoms with E-state index in [9.17, 15) is 30.1 Å². The molecule has 0 rings (SSSR count). The van der Waals surface area contributed by atoms with Crippen LogP contribution >= 0.6 is 0 Å². The number of hydrogen-bond acceptors (Lipinski definition) is 7. The zero-order valence-corrected chi connectivity index (χ0v) is 14.4. The molecule has 0 aliphatic carbocycles. The molecule has 0 radical (unpaired) electrons. The molecule has 0 aliphatic rings. The molecule has 14 heteroatoms. The lowest BCUT2D eigenvalue weighted by atomic mass is 10.5. The molecule has 2 N–H and O–H groups in total. The largest absolute Gasteiger partial charge is 0.395 e. The van der Waals surface area contributed by atoms with Gasteiger partial charge in [-0.3, -0.25) is 9.11 Å². The Hall–Kier alpha value is -0.510. The van der Waals surface area contributed by atoms with E-state index in [1.54, 1.807) is 7.11 Å². The standard InChI is InChI=1S/C4H10O.C3H8O4S.C2H3F3O4S/c1-3-4-5-2;1-7-2-3-8(4,5)6;3-2(4,1-9-5)10(6,7)8/h3-4H2,1-2H3;2-3H2,1H3,(H,4,5,6);1H2,(H,6,7,8). The van der Waals surface area contributed by atoms with E-state index in [1.165, 1.54) is 7.11 Å². The third-order valence-corrected chi connectivity index (χ3v) is 3.11. The van der Waals surface area contributed by atoms with E-state index in [0.29, 0.717) is 0 Å². The van der Waals surface area contributed by atoms with E-state index in [-0.39, 0.29) is 12.4 Å². The molecule has 0 aromatic heterocycles. The molecule has 0 amide bonds. The summed E-state index contributed by atoms with van der Waals surface area (Å²) in [5, 5.41) is -4.58. The van der Waals surface area contributed by atoms with Gasteiger partial charge in [0.2, 0.25) is 0 Å². The molecule has 0 aromatic rings. The molecule has 23 heavy (non-hydrogen) atoms. The highest BCUT2D eigenvalue weighted by atomic mass is 32.2. The van der Waals surface area contributed by atoms with Gasteiger partial charge < -0.3 is 9.47 Å². The Morgan fingerprint density at radius 3 is 1.52 bits per heavy atom. The molecule has 144 valence electrons. The summed E-state index contributed by atoms with van der Waals surface area (Å²) in [6, 6.07) is 0. The van der Waals surface area contributed by atoms with Crippen LogP contribution in [0.1, 0.15) is 13.3 Å². The molecule has 0 aromatic carbocycles. The van der Waals surface area contributed by atoms with Crippen molar-refractivity contribution in [1.29, 1.82) is 0 Å². The van der Waals surface area contributed by atoms with E-state index in [4.69, 9.17) is 13.8 Å². The fraction of sp³-hybridized carbons (Fsp3) is 1.00. The summed E-state index contributed by atoms with van der Waals surface area (Å²) >= 11 is 0. The first-order chi connectivity index (χ1) is 10.3. The van der Waals surface area contributed by atoms with Crippen LogP contribution in [0.3, 0.4) is 0 Å². The van der Waals surface area contributed by atoms with Crippen LogP contribution in [0, 0.1) is 0 Å². The molecule has 0 spiro atoms. The van der Waals surface area contributed by atoms with Crippen LogP contribution in [0.2, 0.25) is 0 Å². The van der Waals surface area contributed by atoms with Crippen LogP contribution in [0.25, 0.3) is 0 Å². The zero-order valence-electron chi connectivity index (χ0n) is 12.7. The third kappa shape index (κ3) is 21.5. The maximum Gasteiger partial charge on any atom is 0.395 e. The Kier molecular flexibility index (Phi) is 16.5. The summed E-state index contributed by atoms with van der Waals surface area (Å²) in [6.07, 6.45) is 1.12. The van der Waals surface area contributed by atoms with Crippen molar-refractivity contribution in [3.8, 4) is 0 Å². The fourth-order valence-electron chi connectivity index (χ4n) is 0.531. The summed E-state index contributed by atoms with van der Waals surface area (Å²) in [5.41, 5.74) is 0. The van der Waals surface area contributed by atoms with Crippen LogP contribution in [-0.2, 0) is 34.7 Å². The Bertz CT molecular complexity index is 463. The highest BCUT2D eigenvalue weighted by molar-refractivity contribution is 7.86. The molecule has 0 bridgehead atoms. The van der Waals surface area contributed by atoms with Gasteiger partial charge in [0.05, 0.1) is 12.4 Å². The minimum Gasteiger partial charge on any atom is -0.385 e. The van der Waals surface area contributed by atoms with Crippen LogP contribution < -0.4 is 0 Å². The van der Waals surface area contributed by atoms with E-state index in [0.717, 1.165) is 13.0 Å². The van der Waals surface area contributed by atoms with E-state index in [2.05, 4.69) is 16.6 Å². The van der Waals surface area contributed by atoms with Crippen LogP contribution in [0.15, 0.2) is 0 Å². The van der Waals surface area contributed by atoms with Gasteiger partial charge in [-0.05, 0) is 10.9 Å². The Labute approximate surface area is 133 Å². The van der Waals surface area contributed by atoms with Crippen LogP contribution in [0.5, 0.6) is 0 Å². The predicted molar refractivity (Wildman–Crippen MR) is 74.0 cm³/mol. The van der Waals surface area contributed by atoms with Crippen molar-refractivity contribution in [2.24, 2.45) is 0 Å². The van der Waals surface area contributed by atoms with E-state index < -0.39 is 32.1 Å². The molecule has 0 saturated heterocycles. The Morgan fingerprint density at radius 2 is 1.43 bits per heavy atom. The lowest BCUT2D eigenvalue weighted by Gasteiger charge is -2.07. The summed E-state index contributed by atoms with van der Waals surface area (Å²) in [5.74, 6) is -0.330. The molecule has 0 atom stereocenters. The van der Waals surface area contributed by atoms with Gasteiger partial charge in [-0.15, -0.1) is 0 Å². The summed E-state index contributed by atoms with van der Waals surface area (Å²) in [4.78, 5) is 2.34. The van der Waals surface area contributed by atoms with Crippen molar-refractivity contribution in [3.05, 3.63) is 0 Å². The van der Waals surface area contributed by atoms with Gasteiger partial charge in [0, 0.05) is 20.8 Å². The first-order valence-electron chi connectivity index (χ1n) is 5.80. The van der Waals surface area contributed by atoms with Crippen molar-refractivity contribution in [2.75, 3.05) is 39.8 Å². The summed E-state index contributed by atoms with van der Waals surface area (Å²) in [7, 11) is -6.30. The third-order valence-electron chi connectivity index (χ3n) is 1.55. The smallest absolute Gasteiger partial charge is 0.385 e. The summed E-state index contributed by atoms with van der Waals surface area (Å²) in [6.45, 7) is 1.01. The van der Waals surface area contributed by atoms with Gasteiger partial charge in [0.15, 0.2) is 6.61 Å². The number of halogens is 3. The summed E-state index contributed by atoms with van der Waals surface area (Å²) < 4.78 is 97.8. The quantitative estimate of drug-likeness (QED) is 0.576. The van der Waals surface area contributed by atoms with Gasteiger partial charge in [0.25, 0.3) is 10.1 Å². The normalized spacial score (nSPS) is 11.8. The zero-order chi connectivity index (χ0) is 19.2. The monoisotopic (exact) mass is 394 g/mol. The van der Waals surface area contributed by atoms with Gasteiger partial charge in [-0.25, -0.2) is 0 Å². The molecule has 0 heterocycles. The average molecular weight is 394 g/mol. The van der Waals surface area contributed by atoms with Crippen molar-refractivity contribution < 1.29 is 53.7 Å². The van der Waals surface area contributed by atoms with Crippen molar-refractivity contribution in [3.63, 3.8) is 0 Å². The first-order valence-corrected chi connectivity index (χ1v) is 8.85. The molecular formula is C9H21F3O9S2. The van der Waals surface area contributed by atoms with Crippen LogP contribution in [-0.4, -0.2) is 71.0 Å². The lowest BCUT2D eigenvalue weighted by Crippen LogP contribution is -2.32. The van der Waals surface area contributed by atoms with Crippen molar-refractivity contribution in [2.45, 2.75) is 18.6 Å². The Morgan fingerprint density at radius 1 is 1.00 bits per heavy atom.